The third-order valence-corrected chi connectivity index (χ3v) is 3.10. The summed E-state index contributed by atoms with van der Waals surface area (Å²) in [6.45, 7) is 5.30. The summed E-state index contributed by atoms with van der Waals surface area (Å²) in [5, 5.41) is 0. The number of hydrogen-bond donors (Lipinski definition) is 1. The van der Waals surface area contributed by atoms with Gasteiger partial charge in [-0.05, 0) is 19.8 Å². The van der Waals surface area contributed by atoms with E-state index < -0.39 is 6.04 Å². The number of esters is 1. The number of carbonyl (C=O) groups is 1. The Kier molecular flexibility index (Phi) is 5.77. The Labute approximate surface area is 97.5 Å². The molecule has 0 bridgehead atoms. The number of carbonyl (C=O) groups excluding carboxylic acids is 1. The lowest BCUT2D eigenvalue weighted by Crippen LogP contribution is -2.36. The average Bonchev–Trinajstić information content (AvgIpc) is 2.31. The molecule has 4 heteroatoms. The van der Waals surface area contributed by atoms with Crippen LogP contribution in [0.5, 0.6) is 0 Å². The molecule has 0 amide bonds. The van der Waals surface area contributed by atoms with Gasteiger partial charge in [-0.15, -0.1) is 0 Å². The Morgan fingerprint density at radius 3 is 2.94 bits per heavy atom. The fourth-order valence-corrected chi connectivity index (χ4v) is 1.85. The average molecular weight is 229 g/mol. The molecule has 1 aliphatic heterocycles. The van der Waals surface area contributed by atoms with Gasteiger partial charge in [0, 0.05) is 12.5 Å². The van der Waals surface area contributed by atoms with Gasteiger partial charge in [-0.1, -0.05) is 19.8 Å². The van der Waals surface area contributed by atoms with Crippen LogP contribution in [0, 0.1) is 5.92 Å². The first-order valence-corrected chi connectivity index (χ1v) is 6.19. The maximum absolute atomic E-state index is 11.5. The van der Waals surface area contributed by atoms with Crippen LogP contribution >= 0.6 is 0 Å². The summed E-state index contributed by atoms with van der Waals surface area (Å²) >= 11 is 0. The minimum atomic E-state index is -0.535. The predicted molar refractivity (Wildman–Crippen MR) is 62.0 cm³/mol. The topological polar surface area (TPSA) is 61.5 Å². The number of cyclic esters (lactones) is 1. The zero-order chi connectivity index (χ0) is 12.0. The van der Waals surface area contributed by atoms with Crippen molar-refractivity contribution in [2.24, 2.45) is 11.7 Å². The monoisotopic (exact) mass is 229 g/mol. The van der Waals surface area contributed by atoms with E-state index in [2.05, 4.69) is 6.92 Å². The Balaban J connectivity index is 2.53. The van der Waals surface area contributed by atoms with E-state index in [-0.39, 0.29) is 12.1 Å². The molecule has 0 aromatic heterocycles. The summed E-state index contributed by atoms with van der Waals surface area (Å²) in [6.07, 6.45) is 3.79. The molecule has 2 N–H and O–H groups in total. The molecular weight excluding hydrogens is 206 g/mol. The third kappa shape index (κ3) is 4.10. The van der Waals surface area contributed by atoms with Crippen molar-refractivity contribution in [1.29, 1.82) is 0 Å². The Bertz CT molecular complexity index is 220. The first kappa shape index (κ1) is 13.5. The van der Waals surface area contributed by atoms with Crippen molar-refractivity contribution in [3.05, 3.63) is 0 Å². The number of unbranched alkanes of at least 4 members (excludes halogenated alkanes) is 1. The molecule has 16 heavy (non-hydrogen) atoms. The molecule has 0 saturated carbocycles. The van der Waals surface area contributed by atoms with Crippen LogP contribution in [0.1, 0.15) is 39.5 Å². The molecule has 1 rings (SSSR count). The Morgan fingerprint density at radius 1 is 1.50 bits per heavy atom. The molecule has 1 saturated heterocycles. The summed E-state index contributed by atoms with van der Waals surface area (Å²) in [6, 6.07) is -0.535. The van der Waals surface area contributed by atoms with Crippen molar-refractivity contribution in [1.82, 2.24) is 0 Å². The lowest BCUT2D eigenvalue weighted by Gasteiger charge is -2.23. The second-order valence-corrected chi connectivity index (χ2v) is 4.51. The quantitative estimate of drug-likeness (QED) is 0.744. The van der Waals surface area contributed by atoms with Gasteiger partial charge in [0.1, 0.15) is 12.1 Å². The van der Waals surface area contributed by atoms with Crippen molar-refractivity contribution in [2.45, 2.75) is 51.7 Å². The van der Waals surface area contributed by atoms with Crippen molar-refractivity contribution in [2.75, 3.05) is 13.2 Å². The van der Waals surface area contributed by atoms with Crippen LogP contribution in [-0.4, -0.2) is 31.3 Å². The van der Waals surface area contributed by atoms with Crippen LogP contribution in [0.4, 0.5) is 0 Å². The second kappa shape index (κ2) is 6.86. The summed E-state index contributed by atoms with van der Waals surface area (Å²) in [7, 11) is 0. The van der Waals surface area contributed by atoms with Gasteiger partial charge in [-0.3, -0.25) is 4.79 Å². The van der Waals surface area contributed by atoms with Crippen LogP contribution in [0.25, 0.3) is 0 Å². The molecule has 3 atom stereocenters. The van der Waals surface area contributed by atoms with Gasteiger partial charge in [-0.2, -0.15) is 0 Å². The number of hydrogen-bond acceptors (Lipinski definition) is 4. The van der Waals surface area contributed by atoms with Crippen LogP contribution in [-0.2, 0) is 14.3 Å². The molecule has 0 aromatic carbocycles. The fourth-order valence-electron chi connectivity index (χ4n) is 1.85. The predicted octanol–water partition coefficient (Wildman–Crippen LogP) is 1.47. The minimum Gasteiger partial charge on any atom is -0.461 e. The standard InChI is InChI=1S/C12H23NO3/c1-3-4-5-10-8-15-7-6-11(13)12(14)16-9(10)2/h9-11H,3-8,13H2,1-2H3/t9-,10+,11-/m0/s1. The maximum atomic E-state index is 11.5. The summed E-state index contributed by atoms with van der Waals surface area (Å²) in [5.41, 5.74) is 5.67. The summed E-state index contributed by atoms with van der Waals surface area (Å²) < 4.78 is 10.9. The van der Waals surface area contributed by atoms with Gasteiger partial charge < -0.3 is 15.2 Å². The van der Waals surface area contributed by atoms with Gasteiger partial charge in [0.2, 0.25) is 0 Å². The number of nitrogens with two attached hydrogens (primary N) is 1. The molecule has 1 fully saturated rings. The maximum Gasteiger partial charge on any atom is 0.323 e. The molecule has 1 heterocycles. The van der Waals surface area contributed by atoms with Crippen LogP contribution in [0.3, 0.4) is 0 Å². The van der Waals surface area contributed by atoms with E-state index in [4.69, 9.17) is 15.2 Å². The van der Waals surface area contributed by atoms with Crippen molar-refractivity contribution in [3.8, 4) is 0 Å². The smallest absolute Gasteiger partial charge is 0.323 e. The first-order valence-electron chi connectivity index (χ1n) is 6.19. The fraction of sp³-hybridized carbons (Fsp3) is 0.917. The molecule has 0 unspecified atom stereocenters. The third-order valence-electron chi connectivity index (χ3n) is 3.10. The minimum absolute atomic E-state index is 0.0943. The van der Waals surface area contributed by atoms with E-state index in [9.17, 15) is 4.79 Å². The van der Waals surface area contributed by atoms with Gasteiger partial charge >= 0.3 is 5.97 Å². The highest BCUT2D eigenvalue weighted by Crippen LogP contribution is 2.18. The lowest BCUT2D eigenvalue weighted by molar-refractivity contribution is -0.152. The van der Waals surface area contributed by atoms with Gasteiger partial charge in [0.05, 0.1) is 6.61 Å². The molecule has 0 radical (unpaired) electrons. The van der Waals surface area contributed by atoms with Crippen molar-refractivity contribution in [3.63, 3.8) is 0 Å². The Hall–Kier alpha value is -0.610. The molecule has 94 valence electrons. The molecule has 1 aliphatic rings. The molecule has 0 aliphatic carbocycles. The van der Waals surface area contributed by atoms with Crippen molar-refractivity contribution < 1.29 is 14.3 Å². The normalized spacial score (nSPS) is 32.4. The molecular formula is C12H23NO3. The highest BCUT2D eigenvalue weighted by Gasteiger charge is 2.25. The van der Waals surface area contributed by atoms with E-state index in [0.29, 0.717) is 25.6 Å². The van der Waals surface area contributed by atoms with Crippen molar-refractivity contribution >= 4 is 5.97 Å². The largest absolute Gasteiger partial charge is 0.461 e. The zero-order valence-electron chi connectivity index (χ0n) is 10.3. The first-order chi connectivity index (χ1) is 7.65. The zero-order valence-corrected chi connectivity index (χ0v) is 10.3. The number of rotatable bonds is 3. The van der Waals surface area contributed by atoms with Crippen LogP contribution in [0.15, 0.2) is 0 Å². The highest BCUT2D eigenvalue weighted by atomic mass is 16.5. The SMILES string of the molecule is CCCC[C@@H]1COCC[C@H](N)C(=O)O[C@H]1C. The summed E-state index contributed by atoms with van der Waals surface area (Å²) in [4.78, 5) is 11.5. The van der Waals surface area contributed by atoms with Crippen LogP contribution in [0.2, 0.25) is 0 Å². The van der Waals surface area contributed by atoms with E-state index in [0.717, 1.165) is 19.3 Å². The Morgan fingerprint density at radius 2 is 2.25 bits per heavy atom. The number of ether oxygens (including phenoxy) is 2. The van der Waals surface area contributed by atoms with Gasteiger partial charge in [0.25, 0.3) is 0 Å². The van der Waals surface area contributed by atoms with E-state index in [1.54, 1.807) is 0 Å². The van der Waals surface area contributed by atoms with Gasteiger partial charge in [-0.25, -0.2) is 0 Å². The van der Waals surface area contributed by atoms with Crippen LogP contribution < -0.4 is 5.73 Å². The van der Waals surface area contributed by atoms with E-state index in [1.165, 1.54) is 0 Å². The molecule has 0 spiro atoms. The lowest BCUT2D eigenvalue weighted by atomic mass is 9.98. The second-order valence-electron chi connectivity index (χ2n) is 4.51. The molecule has 4 nitrogen and oxygen atoms in total. The van der Waals surface area contributed by atoms with E-state index in [1.807, 2.05) is 6.92 Å². The summed E-state index contributed by atoms with van der Waals surface area (Å²) in [5.74, 6) is 0.00805. The van der Waals surface area contributed by atoms with E-state index >= 15 is 0 Å². The molecule has 0 aromatic rings. The van der Waals surface area contributed by atoms with Gasteiger partial charge in [0.15, 0.2) is 0 Å². The highest BCUT2D eigenvalue weighted by molar-refractivity contribution is 5.75.